The van der Waals surface area contributed by atoms with E-state index in [0.717, 1.165) is 19.3 Å². The fraction of sp³-hybridized carbons (Fsp3) is 0.731. The van der Waals surface area contributed by atoms with Gasteiger partial charge in [-0.3, -0.25) is 9.32 Å². The Kier molecular flexibility index (Phi) is 8.60. The minimum absolute atomic E-state index is 0.0355. The van der Waals surface area contributed by atoms with Gasteiger partial charge in [0.1, 0.15) is 23.9 Å². The lowest BCUT2D eigenvalue weighted by Gasteiger charge is -2.39. The van der Waals surface area contributed by atoms with Crippen LogP contribution in [0.4, 0.5) is 0 Å². The summed E-state index contributed by atoms with van der Waals surface area (Å²) in [6.45, 7) is 23.4. The first-order valence-electron chi connectivity index (χ1n) is 13.3. The van der Waals surface area contributed by atoms with Gasteiger partial charge in [-0.1, -0.05) is 50.9 Å². The van der Waals surface area contributed by atoms with Crippen LogP contribution in [0.25, 0.3) is 0 Å². The maximum atomic E-state index is 12.1. The van der Waals surface area contributed by atoms with Crippen LogP contribution in [0.2, 0.25) is 18.1 Å². The Labute approximate surface area is 238 Å². The van der Waals surface area contributed by atoms with Crippen molar-refractivity contribution in [2.45, 2.75) is 108 Å². The van der Waals surface area contributed by atoms with Crippen molar-refractivity contribution in [1.29, 1.82) is 0 Å². The molecular weight excluding hydrogens is 557 g/mol. The average molecular weight is 602 g/mol. The molecule has 0 radical (unpaired) electrons. The Balaban J connectivity index is 1.50. The second kappa shape index (κ2) is 10.7. The van der Waals surface area contributed by atoms with Gasteiger partial charge in [0, 0.05) is 18.2 Å². The first-order chi connectivity index (χ1) is 17.4. The van der Waals surface area contributed by atoms with Crippen LogP contribution in [-0.2, 0) is 34.8 Å². The highest BCUT2D eigenvalue weighted by atomic mass is 32.9. The van der Waals surface area contributed by atoms with Gasteiger partial charge in [0.2, 0.25) is 5.69 Å². The largest absolute Gasteiger partial charge is 0.411 e. The molecule has 3 heterocycles. The molecule has 1 saturated carbocycles. The number of hydrogen-bond acceptors (Lipinski definition) is 9. The van der Waals surface area contributed by atoms with Gasteiger partial charge in [-0.2, -0.15) is 0 Å². The topological polar surface area (TPSA) is 95.3 Å². The van der Waals surface area contributed by atoms with Crippen LogP contribution < -0.4 is 11.1 Å². The Morgan fingerprint density at radius 3 is 2.74 bits per heavy atom. The van der Waals surface area contributed by atoms with E-state index in [0.29, 0.717) is 23.7 Å². The molecule has 0 spiro atoms. The molecule has 12 heteroatoms. The van der Waals surface area contributed by atoms with Crippen molar-refractivity contribution in [3.8, 4) is 0 Å². The minimum atomic E-state index is -2.67. The van der Waals surface area contributed by atoms with Crippen molar-refractivity contribution in [2.24, 2.45) is 11.7 Å². The number of hydrogen-bond donors (Lipinski definition) is 2. The van der Waals surface area contributed by atoms with Crippen LogP contribution in [0.1, 0.15) is 60.3 Å². The summed E-state index contributed by atoms with van der Waals surface area (Å²) < 4.78 is 26.1. The van der Waals surface area contributed by atoms with E-state index in [1.54, 1.807) is 24.5 Å². The number of rotatable bonds is 7. The summed E-state index contributed by atoms with van der Waals surface area (Å²) in [6, 6.07) is 0. The van der Waals surface area contributed by atoms with Gasteiger partial charge < -0.3 is 29.6 Å². The Hall–Kier alpha value is -0.493. The van der Waals surface area contributed by atoms with Gasteiger partial charge in [-0.25, -0.2) is 0 Å². The van der Waals surface area contributed by atoms with E-state index in [9.17, 15) is 4.79 Å². The highest BCUT2D eigenvalue weighted by Crippen LogP contribution is 2.73. The van der Waals surface area contributed by atoms with E-state index >= 15 is 0 Å². The fourth-order valence-corrected chi connectivity index (χ4v) is 12.7. The standard InChI is InChI=1S/C26H44N3O5PS2Si/c1-16(2)19-10-11-26(27)22(12-19)37-35(36,34-26)31-15-21-20(33-38(8,9)25(5,6)7)13-23(32-21)29-14-17(3)24(30)28-18(29)4/h14,19-23H,1,4,10-13,15,27H2,2-3,5-9H3,(H,28,30)/t19-,20?,21+,22?,23+,26+,35?/m0/s1. The monoisotopic (exact) mass is 601 g/mol. The van der Waals surface area contributed by atoms with Crippen LogP contribution in [0.15, 0.2) is 36.3 Å². The molecule has 3 fully saturated rings. The number of nitrogens with zero attached hydrogens (tertiary/aromatic N) is 1. The van der Waals surface area contributed by atoms with Crippen molar-refractivity contribution in [1.82, 2.24) is 10.2 Å². The molecule has 2 saturated heterocycles. The number of amides is 1. The van der Waals surface area contributed by atoms with Crippen molar-refractivity contribution < 1.29 is 23.0 Å². The maximum Gasteiger partial charge on any atom is 0.253 e. The van der Waals surface area contributed by atoms with Gasteiger partial charge >= 0.3 is 0 Å². The van der Waals surface area contributed by atoms with Crippen molar-refractivity contribution in [3.63, 3.8) is 0 Å². The van der Waals surface area contributed by atoms with Crippen molar-refractivity contribution in [3.05, 3.63) is 36.3 Å². The third-order valence-corrected chi connectivity index (χ3v) is 18.6. The Bertz CT molecular complexity index is 1080. The molecule has 3 unspecified atom stereocenters. The van der Waals surface area contributed by atoms with Crippen molar-refractivity contribution >= 4 is 43.1 Å². The van der Waals surface area contributed by atoms with Crippen LogP contribution in [0.3, 0.4) is 0 Å². The molecule has 0 aromatic rings. The lowest BCUT2D eigenvalue weighted by atomic mass is 9.80. The molecule has 3 N–H and O–H groups in total. The molecule has 4 rings (SSSR count). The summed E-state index contributed by atoms with van der Waals surface area (Å²) in [5, 5.41) is 2.94. The smallest absolute Gasteiger partial charge is 0.253 e. The SMILES string of the molecule is C=C(C)[C@H]1CC[C@@]2(N)OP(=S)(OC[C@H]3O[C@@H](N4C=C(C)C(=O)NC4=C)CC3O[Si](C)(C)C(C)(C)C)SC2C1. The molecule has 1 aliphatic carbocycles. The molecule has 8 nitrogen and oxygen atoms in total. The summed E-state index contributed by atoms with van der Waals surface area (Å²) in [5.74, 6) is 0.768. The molecule has 214 valence electrons. The molecule has 4 aliphatic rings. The first-order valence-corrected chi connectivity index (χ1v) is 20.3. The van der Waals surface area contributed by atoms with E-state index in [1.807, 2.05) is 4.90 Å². The van der Waals surface area contributed by atoms with E-state index in [4.69, 9.17) is 35.8 Å². The summed E-state index contributed by atoms with van der Waals surface area (Å²) in [6.07, 6.45) is 4.11. The minimum Gasteiger partial charge on any atom is -0.411 e. The Morgan fingerprint density at radius 2 is 2.11 bits per heavy atom. The number of fused-ring (bicyclic) bond motifs is 1. The lowest BCUT2D eigenvalue weighted by Crippen LogP contribution is -2.51. The molecule has 3 aliphatic heterocycles. The van der Waals surface area contributed by atoms with Gasteiger partial charge in [0.05, 0.1) is 18.0 Å². The zero-order valence-corrected chi connectivity index (χ0v) is 27.3. The van der Waals surface area contributed by atoms with Gasteiger partial charge in [0.15, 0.2) is 8.32 Å². The second-order valence-electron chi connectivity index (χ2n) is 12.6. The molecule has 1 amide bonds. The average Bonchev–Trinajstić information content (AvgIpc) is 3.29. The van der Waals surface area contributed by atoms with E-state index < -0.39 is 19.7 Å². The zero-order valence-electron chi connectivity index (χ0n) is 23.7. The fourth-order valence-electron chi connectivity index (χ4n) is 5.02. The van der Waals surface area contributed by atoms with Crippen LogP contribution >= 0.6 is 17.1 Å². The molecular formula is C26H44N3O5PS2Si. The van der Waals surface area contributed by atoms with Gasteiger partial charge in [-0.05, 0) is 69.0 Å². The van der Waals surface area contributed by atoms with Gasteiger partial charge in [-0.15, -0.1) is 0 Å². The quantitative estimate of drug-likeness (QED) is 0.216. The number of ether oxygens (including phenoxy) is 1. The highest BCUT2D eigenvalue weighted by molar-refractivity contribution is 8.68. The summed E-state index contributed by atoms with van der Waals surface area (Å²) >= 11 is 7.55. The third-order valence-electron chi connectivity index (χ3n) is 8.56. The molecule has 7 atom stereocenters. The number of allylic oxidation sites excluding steroid dienone is 1. The van der Waals surface area contributed by atoms with Crippen LogP contribution in [0.5, 0.6) is 0 Å². The number of nitrogens with one attached hydrogen (secondary N) is 1. The van der Waals surface area contributed by atoms with E-state index in [-0.39, 0.29) is 41.2 Å². The summed E-state index contributed by atoms with van der Waals surface area (Å²) in [4.78, 5) is 14.0. The summed E-state index contributed by atoms with van der Waals surface area (Å²) in [7, 11) is -2.11. The number of carbonyl (C=O) groups is 1. The van der Waals surface area contributed by atoms with Gasteiger partial charge in [0.25, 0.3) is 5.91 Å². The molecule has 0 aromatic carbocycles. The van der Waals surface area contributed by atoms with E-state index in [1.165, 1.54) is 5.57 Å². The second-order valence-corrected chi connectivity index (χ2v) is 23.7. The molecule has 38 heavy (non-hydrogen) atoms. The van der Waals surface area contributed by atoms with Crippen LogP contribution in [-0.4, -0.2) is 55.1 Å². The predicted molar refractivity (Wildman–Crippen MR) is 160 cm³/mol. The van der Waals surface area contributed by atoms with Crippen LogP contribution in [0, 0.1) is 5.92 Å². The summed E-state index contributed by atoms with van der Waals surface area (Å²) in [5.41, 5.74) is 5.06. The first kappa shape index (κ1) is 30.5. The maximum absolute atomic E-state index is 12.1. The van der Waals surface area contributed by atoms with E-state index in [2.05, 4.69) is 59.3 Å². The normalized spacial score (nSPS) is 38.2. The lowest BCUT2D eigenvalue weighted by molar-refractivity contribution is -0.118. The van der Waals surface area contributed by atoms with Crippen molar-refractivity contribution in [2.75, 3.05) is 6.61 Å². The number of nitrogens with two attached hydrogens (primary N) is 1. The molecule has 0 aromatic heterocycles. The third kappa shape index (κ3) is 6.21. The predicted octanol–water partition coefficient (Wildman–Crippen LogP) is 5.70. The number of carbonyl (C=O) groups excluding carboxylic acids is 1. The molecule has 0 bridgehead atoms. The highest BCUT2D eigenvalue weighted by Gasteiger charge is 2.55. The Morgan fingerprint density at radius 1 is 1.42 bits per heavy atom. The zero-order chi connectivity index (χ0) is 28.3.